The topological polar surface area (TPSA) is 9.23 Å². The Morgan fingerprint density at radius 3 is 2.47 bits per heavy atom. The average molecular weight is 220 g/mol. The molecule has 1 aliphatic heterocycles. The maximum atomic E-state index is 5.82. The van der Waals surface area contributed by atoms with Crippen molar-refractivity contribution in [2.45, 2.75) is 24.9 Å². The fourth-order valence-corrected chi connectivity index (χ4v) is 4.38. The summed E-state index contributed by atoms with van der Waals surface area (Å²) in [7, 11) is -0.853. The molecule has 0 amide bonds. The zero-order valence-corrected chi connectivity index (χ0v) is 10.5. The molecule has 1 nitrogen and oxygen atoms in total. The molecule has 15 heavy (non-hydrogen) atoms. The zero-order chi connectivity index (χ0) is 10.9. The van der Waals surface area contributed by atoms with E-state index in [0.29, 0.717) is 0 Å². The molecule has 2 heteroatoms. The Bertz CT molecular complexity index is 254. The fourth-order valence-electron chi connectivity index (χ4n) is 1.85. The highest BCUT2D eigenvalue weighted by atomic mass is 28.3. The van der Waals surface area contributed by atoms with E-state index in [1.54, 1.807) is 0 Å². The lowest BCUT2D eigenvalue weighted by atomic mass is 10.2. The first kappa shape index (κ1) is 12.2. The highest BCUT2D eigenvalue weighted by molar-refractivity contribution is 6.51. The smallest absolute Gasteiger partial charge is 0.181 e. The van der Waals surface area contributed by atoms with Gasteiger partial charge in [0, 0.05) is 6.61 Å². The van der Waals surface area contributed by atoms with Crippen molar-refractivity contribution in [1.29, 1.82) is 0 Å². The molecule has 1 aromatic carbocycles. The summed E-state index contributed by atoms with van der Waals surface area (Å²) >= 11 is 0. The molecule has 0 saturated carbocycles. The van der Waals surface area contributed by atoms with Crippen LogP contribution in [0, 0.1) is 0 Å². The lowest BCUT2D eigenvalue weighted by Crippen LogP contribution is -2.26. The Kier molecular flexibility index (Phi) is 6.05. The Balaban J connectivity index is 0.000000531. The fraction of sp³-hybridized carbons (Fsp3) is 0.385. The van der Waals surface area contributed by atoms with Gasteiger partial charge in [0.1, 0.15) is 0 Å². The second kappa shape index (κ2) is 7.43. The van der Waals surface area contributed by atoms with Crippen molar-refractivity contribution in [3.05, 3.63) is 49.1 Å². The van der Waals surface area contributed by atoms with Crippen molar-refractivity contribution in [3.63, 3.8) is 0 Å². The Labute approximate surface area is 94.5 Å². The summed E-state index contributed by atoms with van der Waals surface area (Å²) in [6.07, 6.45) is 2.67. The normalized spacial score (nSPS) is 20.1. The summed E-state index contributed by atoms with van der Waals surface area (Å²) in [5.41, 5.74) is 1.46. The third kappa shape index (κ3) is 4.45. The summed E-state index contributed by atoms with van der Waals surface area (Å²) < 4.78 is 5.82. The minimum atomic E-state index is -0.853. The molecule has 1 unspecified atom stereocenters. The third-order valence-electron chi connectivity index (χ3n) is 2.58. The van der Waals surface area contributed by atoms with Crippen LogP contribution in [0.15, 0.2) is 43.5 Å². The first-order chi connectivity index (χ1) is 7.45. The SMILES string of the molecule is C=C.c1ccc(C[SiH]2CCCCO2)cc1. The molecule has 1 aliphatic rings. The largest absolute Gasteiger partial charge is 0.420 e. The first-order valence-electron chi connectivity index (χ1n) is 5.61. The zero-order valence-electron chi connectivity index (χ0n) is 9.32. The van der Waals surface area contributed by atoms with Crippen LogP contribution in [0.3, 0.4) is 0 Å². The number of hydrogen-bond acceptors (Lipinski definition) is 1. The summed E-state index contributed by atoms with van der Waals surface area (Å²) in [4.78, 5) is 0. The van der Waals surface area contributed by atoms with Crippen molar-refractivity contribution in [2.75, 3.05) is 6.61 Å². The van der Waals surface area contributed by atoms with Gasteiger partial charge < -0.3 is 4.43 Å². The second-order valence-corrected chi connectivity index (χ2v) is 6.24. The van der Waals surface area contributed by atoms with Crippen LogP contribution >= 0.6 is 0 Å². The molecule has 82 valence electrons. The van der Waals surface area contributed by atoms with Gasteiger partial charge in [0.15, 0.2) is 9.04 Å². The highest BCUT2D eigenvalue weighted by Gasteiger charge is 2.15. The molecule has 1 fully saturated rings. The lowest BCUT2D eigenvalue weighted by Gasteiger charge is -2.20. The average Bonchev–Trinajstić information content (AvgIpc) is 2.34. The molecule has 1 saturated heterocycles. The molecule has 0 N–H and O–H groups in total. The van der Waals surface area contributed by atoms with Crippen molar-refractivity contribution < 1.29 is 4.43 Å². The van der Waals surface area contributed by atoms with Crippen LogP contribution in [0.5, 0.6) is 0 Å². The van der Waals surface area contributed by atoms with Gasteiger partial charge in [0.05, 0.1) is 0 Å². The summed E-state index contributed by atoms with van der Waals surface area (Å²) in [6, 6.07) is 13.3. The third-order valence-corrected chi connectivity index (χ3v) is 5.27. The van der Waals surface area contributed by atoms with Crippen LogP contribution < -0.4 is 0 Å². The van der Waals surface area contributed by atoms with Gasteiger partial charge in [-0.05, 0) is 24.1 Å². The molecule has 0 spiro atoms. The van der Waals surface area contributed by atoms with Gasteiger partial charge >= 0.3 is 0 Å². The molecule has 0 aromatic heterocycles. The van der Waals surface area contributed by atoms with E-state index in [1.807, 2.05) is 0 Å². The van der Waals surface area contributed by atoms with E-state index in [4.69, 9.17) is 4.43 Å². The summed E-state index contributed by atoms with van der Waals surface area (Å²) in [6.45, 7) is 7.02. The van der Waals surface area contributed by atoms with Crippen LogP contribution in [0.4, 0.5) is 0 Å². The Hall–Kier alpha value is -0.863. The monoisotopic (exact) mass is 220 g/mol. The molecular weight excluding hydrogens is 200 g/mol. The molecule has 0 bridgehead atoms. The van der Waals surface area contributed by atoms with Crippen LogP contribution in [0.1, 0.15) is 18.4 Å². The van der Waals surface area contributed by atoms with Crippen molar-refractivity contribution in [2.24, 2.45) is 0 Å². The second-order valence-electron chi connectivity index (χ2n) is 3.68. The molecule has 0 radical (unpaired) electrons. The van der Waals surface area contributed by atoms with Crippen molar-refractivity contribution in [3.8, 4) is 0 Å². The highest BCUT2D eigenvalue weighted by Crippen LogP contribution is 2.14. The van der Waals surface area contributed by atoms with E-state index < -0.39 is 9.04 Å². The Morgan fingerprint density at radius 1 is 1.13 bits per heavy atom. The minimum Gasteiger partial charge on any atom is -0.420 e. The quantitative estimate of drug-likeness (QED) is 0.550. The van der Waals surface area contributed by atoms with E-state index in [1.165, 1.54) is 30.5 Å². The van der Waals surface area contributed by atoms with Gasteiger partial charge in [-0.15, -0.1) is 13.2 Å². The van der Waals surface area contributed by atoms with Gasteiger partial charge in [0.25, 0.3) is 0 Å². The Morgan fingerprint density at radius 2 is 1.87 bits per heavy atom. The van der Waals surface area contributed by atoms with Crippen LogP contribution in [0.25, 0.3) is 0 Å². The standard InChI is InChI=1S/C11H16OSi.C2H4/c1-2-6-11(7-3-1)10-13-9-5-4-8-12-13;1-2/h1-3,6-7,13H,4-5,8-10H2;1-2H2. The van der Waals surface area contributed by atoms with Gasteiger partial charge in [-0.1, -0.05) is 36.8 Å². The predicted molar refractivity (Wildman–Crippen MR) is 68.5 cm³/mol. The van der Waals surface area contributed by atoms with Crippen molar-refractivity contribution >= 4 is 9.04 Å². The molecule has 2 rings (SSSR count). The van der Waals surface area contributed by atoms with E-state index in [9.17, 15) is 0 Å². The molecule has 1 aromatic rings. The molecule has 1 heterocycles. The maximum Gasteiger partial charge on any atom is 0.181 e. The molecule has 0 aliphatic carbocycles. The van der Waals surface area contributed by atoms with E-state index in [0.717, 1.165) is 6.61 Å². The summed E-state index contributed by atoms with van der Waals surface area (Å²) in [5, 5.41) is 0. The van der Waals surface area contributed by atoms with Crippen LogP contribution in [-0.4, -0.2) is 15.6 Å². The lowest BCUT2D eigenvalue weighted by molar-refractivity contribution is 0.286. The van der Waals surface area contributed by atoms with Gasteiger partial charge in [0.2, 0.25) is 0 Å². The first-order valence-corrected chi connectivity index (χ1v) is 7.71. The number of hydrogen-bond donors (Lipinski definition) is 0. The number of benzene rings is 1. The van der Waals surface area contributed by atoms with Crippen LogP contribution in [-0.2, 0) is 10.5 Å². The maximum absolute atomic E-state index is 5.82. The van der Waals surface area contributed by atoms with Gasteiger partial charge in [-0.2, -0.15) is 0 Å². The predicted octanol–water partition coefficient (Wildman–Crippen LogP) is 3.10. The van der Waals surface area contributed by atoms with Crippen LogP contribution in [0.2, 0.25) is 6.04 Å². The van der Waals surface area contributed by atoms with Gasteiger partial charge in [-0.3, -0.25) is 0 Å². The minimum absolute atomic E-state index is 0.853. The number of rotatable bonds is 2. The van der Waals surface area contributed by atoms with E-state index in [2.05, 4.69) is 43.5 Å². The van der Waals surface area contributed by atoms with E-state index in [-0.39, 0.29) is 0 Å². The van der Waals surface area contributed by atoms with Crippen molar-refractivity contribution in [1.82, 2.24) is 0 Å². The van der Waals surface area contributed by atoms with E-state index >= 15 is 0 Å². The van der Waals surface area contributed by atoms with Gasteiger partial charge in [-0.25, -0.2) is 0 Å². The molecule has 1 atom stereocenters. The molecular formula is C13H20OSi. The summed E-state index contributed by atoms with van der Waals surface area (Å²) in [5.74, 6) is 0.